The summed E-state index contributed by atoms with van der Waals surface area (Å²) in [5, 5.41) is 3.05. The molecule has 6 heteroatoms. The summed E-state index contributed by atoms with van der Waals surface area (Å²) in [6, 6.07) is 8.27. The molecule has 94 valence electrons. The van der Waals surface area contributed by atoms with Gasteiger partial charge in [0.1, 0.15) is 5.82 Å². The first-order valence-electron chi connectivity index (χ1n) is 4.94. The minimum atomic E-state index is -0.514. The molecule has 0 heterocycles. The Kier molecular flexibility index (Phi) is 4.14. The summed E-state index contributed by atoms with van der Waals surface area (Å²) >= 11 is 12.4. The second-order valence-electron chi connectivity index (χ2n) is 3.60. The van der Waals surface area contributed by atoms with Crippen LogP contribution in [0.2, 0.25) is 5.02 Å². The molecule has 0 amide bonds. The lowest BCUT2D eigenvalue weighted by Crippen LogP contribution is -1.98. The van der Waals surface area contributed by atoms with Crippen LogP contribution in [0.3, 0.4) is 0 Å². The number of nitrogens with one attached hydrogen (secondary N) is 1. The van der Waals surface area contributed by atoms with Crippen LogP contribution in [0.4, 0.5) is 21.5 Å². The molecule has 0 aromatic heterocycles. The molecule has 0 radical (unpaired) electrons. The Labute approximate surface area is 126 Å². The largest absolute Gasteiger partial charge is 0.397 e. The van der Waals surface area contributed by atoms with Gasteiger partial charge in [-0.05, 0) is 40.2 Å². The smallest absolute Gasteiger partial charge is 0.144 e. The van der Waals surface area contributed by atoms with E-state index < -0.39 is 5.82 Å². The maximum atomic E-state index is 13.4. The highest BCUT2D eigenvalue weighted by atomic mass is 79.9. The molecule has 0 aliphatic rings. The first-order chi connectivity index (χ1) is 8.47. The van der Waals surface area contributed by atoms with Crippen molar-refractivity contribution in [3.63, 3.8) is 0 Å². The van der Waals surface area contributed by atoms with Gasteiger partial charge in [-0.3, -0.25) is 0 Å². The molecule has 0 aliphatic carbocycles. The van der Waals surface area contributed by atoms with Crippen LogP contribution in [0.25, 0.3) is 0 Å². The van der Waals surface area contributed by atoms with E-state index in [1.165, 1.54) is 12.1 Å². The molecule has 0 bridgehead atoms. The van der Waals surface area contributed by atoms with E-state index >= 15 is 0 Å². The van der Waals surface area contributed by atoms with Crippen LogP contribution in [0.1, 0.15) is 0 Å². The fourth-order valence-electron chi connectivity index (χ4n) is 1.41. The fourth-order valence-corrected chi connectivity index (χ4v) is 2.29. The predicted molar refractivity (Wildman–Crippen MR) is 80.9 cm³/mol. The standard InChI is InChI=1S/C12H8Br2ClFN2/c13-6-1-2-7(14)11(3-6)18-12-5-9(16)8(15)4-10(12)17/h1-5,18H,17H2. The van der Waals surface area contributed by atoms with E-state index in [0.29, 0.717) is 11.4 Å². The molecule has 2 rings (SSSR count). The van der Waals surface area contributed by atoms with E-state index in [1.54, 1.807) is 0 Å². The minimum Gasteiger partial charge on any atom is -0.397 e. The summed E-state index contributed by atoms with van der Waals surface area (Å²) in [5.74, 6) is -0.514. The van der Waals surface area contributed by atoms with Crippen molar-refractivity contribution in [2.45, 2.75) is 0 Å². The van der Waals surface area contributed by atoms with E-state index in [-0.39, 0.29) is 5.02 Å². The zero-order valence-corrected chi connectivity index (χ0v) is 12.9. The van der Waals surface area contributed by atoms with Crippen LogP contribution in [0.15, 0.2) is 39.3 Å². The Morgan fingerprint density at radius 2 is 1.83 bits per heavy atom. The molecule has 0 fully saturated rings. The third kappa shape index (κ3) is 2.96. The van der Waals surface area contributed by atoms with Crippen molar-refractivity contribution >= 4 is 60.5 Å². The summed E-state index contributed by atoms with van der Waals surface area (Å²) in [6.07, 6.45) is 0. The summed E-state index contributed by atoms with van der Waals surface area (Å²) < 4.78 is 15.1. The van der Waals surface area contributed by atoms with Crippen LogP contribution < -0.4 is 11.1 Å². The van der Waals surface area contributed by atoms with Crippen LogP contribution in [0.5, 0.6) is 0 Å². The lowest BCUT2D eigenvalue weighted by Gasteiger charge is -2.12. The van der Waals surface area contributed by atoms with E-state index in [0.717, 1.165) is 14.6 Å². The molecule has 3 N–H and O–H groups in total. The molecule has 0 saturated carbocycles. The Balaban J connectivity index is 2.40. The number of halogens is 4. The van der Waals surface area contributed by atoms with Gasteiger partial charge in [-0.25, -0.2) is 4.39 Å². The van der Waals surface area contributed by atoms with E-state index in [4.69, 9.17) is 17.3 Å². The Hall–Kier alpha value is -0.780. The highest BCUT2D eigenvalue weighted by molar-refractivity contribution is 9.11. The van der Waals surface area contributed by atoms with Crippen molar-refractivity contribution in [3.05, 3.63) is 50.1 Å². The fraction of sp³-hybridized carbons (Fsp3) is 0. The number of rotatable bonds is 2. The van der Waals surface area contributed by atoms with Crippen molar-refractivity contribution in [2.24, 2.45) is 0 Å². The van der Waals surface area contributed by atoms with Crippen molar-refractivity contribution < 1.29 is 4.39 Å². The molecule has 2 nitrogen and oxygen atoms in total. The van der Waals surface area contributed by atoms with Crippen molar-refractivity contribution in [2.75, 3.05) is 11.1 Å². The maximum Gasteiger partial charge on any atom is 0.144 e. The molecule has 0 atom stereocenters. The topological polar surface area (TPSA) is 38.0 Å². The van der Waals surface area contributed by atoms with Gasteiger partial charge in [0.05, 0.1) is 22.1 Å². The highest BCUT2D eigenvalue weighted by Crippen LogP contribution is 2.33. The average molecular weight is 394 g/mol. The van der Waals surface area contributed by atoms with Gasteiger partial charge >= 0.3 is 0 Å². The maximum absolute atomic E-state index is 13.4. The van der Waals surface area contributed by atoms with Crippen LogP contribution in [-0.4, -0.2) is 0 Å². The second kappa shape index (κ2) is 5.47. The third-order valence-electron chi connectivity index (χ3n) is 2.29. The van der Waals surface area contributed by atoms with Crippen LogP contribution in [0, 0.1) is 5.82 Å². The summed E-state index contributed by atoms with van der Waals surface area (Å²) in [6.45, 7) is 0. The molecular weight excluding hydrogens is 386 g/mol. The van der Waals surface area contributed by atoms with E-state index in [9.17, 15) is 4.39 Å². The zero-order valence-electron chi connectivity index (χ0n) is 8.98. The first kappa shape index (κ1) is 13.6. The molecule has 0 spiro atoms. The van der Waals surface area contributed by atoms with Crippen LogP contribution >= 0.6 is 43.5 Å². The molecule has 0 unspecified atom stereocenters. The third-order valence-corrected chi connectivity index (χ3v) is 3.76. The van der Waals surface area contributed by atoms with Gasteiger partial charge < -0.3 is 11.1 Å². The van der Waals surface area contributed by atoms with Gasteiger partial charge in [0.25, 0.3) is 0 Å². The van der Waals surface area contributed by atoms with Crippen molar-refractivity contribution in [1.82, 2.24) is 0 Å². The molecule has 2 aromatic rings. The number of hydrogen-bond donors (Lipinski definition) is 2. The Morgan fingerprint density at radius 3 is 2.56 bits per heavy atom. The van der Waals surface area contributed by atoms with Crippen molar-refractivity contribution in [3.8, 4) is 0 Å². The van der Waals surface area contributed by atoms with Gasteiger partial charge in [0, 0.05) is 15.0 Å². The Bertz CT molecular complexity index is 605. The van der Waals surface area contributed by atoms with Gasteiger partial charge in [-0.2, -0.15) is 0 Å². The number of hydrogen-bond acceptors (Lipinski definition) is 2. The van der Waals surface area contributed by atoms with Gasteiger partial charge in [0.15, 0.2) is 0 Å². The summed E-state index contributed by atoms with van der Waals surface area (Å²) in [7, 11) is 0. The number of benzene rings is 2. The minimum absolute atomic E-state index is 0.00589. The summed E-state index contributed by atoms with van der Waals surface area (Å²) in [4.78, 5) is 0. The molecule has 0 aliphatic heterocycles. The van der Waals surface area contributed by atoms with Crippen LogP contribution in [-0.2, 0) is 0 Å². The van der Waals surface area contributed by atoms with E-state index in [2.05, 4.69) is 37.2 Å². The van der Waals surface area contributed by atoms with Gasteiger partial charge in [0.2, 0.25) is 0 Å². The van der Waals surface area contributed by atoms with E-state index in [1.807, 2.05) is 18.2 Å². The lowest BCUT2D eigenvalue weighted by molar-refractivity contribution is 0.629. The Morgan fingerprint density at radius 1 is 1.11 bits per heavy atom. The molecular formula is C12H8Br2ClFN2. The molecule has 18 heavy (non-hydrogen) atoms. The average Bonchev–Trinajstić information content (AvgIpc) is 2.30. The predicted octanol–water partition coefficient (Wildman–Crippen LogP) is 5.33. The molecule has 2 aromatic carbocycles. The normalized spacial score (nSPS) is 10.4. The highest BCUT2D eigenvalue weighted by Gasteiger charge is 2.08. The summed E-state index contributed by atoms with van der Waals surface area (Å²) in [5.41, 5.74) is 7.41. The SMILES string of the molecule is Nc1cc(Cl)c(F)cc1Nc1cc(Br)ccc1Br. The number of nitrogen functional groups attached to an aromatic ring is 1. The lowest BCUT2D eigenvalue weighted by atomic mass is 10.2. The zero-order chi connectivity index (χ0) is 13.3. The second-order valence-corrected chi connectivity index (χ2v) is 5.78. The number of anilines is 3. The first-order valence-corrected chi connectivity index (χ1v) is 6.90. The van der Waals surface area contributed by atoms with Crippen molar-refractivity contribution in [1.29, 1.82) is 0 Å². The molecule has 0 saturated heterocycles. The number of nitrogens with two attached hydrogens (primary N) is 1. The monoisotopic (exact) mass is 392 g/mol. The quantitative estimate of drug-likeness (QED) is 0.676. The van der Waals surface area contributed by atoms with Gasteiger partial charge in [-0.15, -0.1) is 0 Å². The van der Waals surface area contributed by atoms with Gasteiger partial charge in [-0.1, -0.05) is 27.5 Å².